The number of hydrazone groups is 1. The molecule has 0 aliphatic carbocycles. The highest BCUT2D eigenvalue weighted by Crippen LogP contribution is 2.30. The molecule has 0 saturated heterocycles. The molecule has 0 fully saturated rings. The maximum Gasteiger partial charge on any atom is 0.250 e. The van der Waals surface area contributed by atoms with Gasteiger partial charge < -0.3 is 4.42 Å². The van der Waals surface area contributed by atoms with Crippen molar-refractivity contribution in [1.82, 2.24) is 15.4 Å². The molecular weight excluding hydrogens is 440 g/mol. The van der Waals surface area contributed by atoms with Gasteiger partial charge in [0.2, 0.25) is 0 Å². The van der Waals surface area contributed by atoms with Crippen LogP contribution in [0, 0.1) is 20.8 Å². The Balaban J connectivity index is 1.54. The summed E-state index contributed by atoms with van der Waals surface area (Å²) in [5, 5.41) is 4.53. The van der Waals surface area contributed by atoms with Gasteiger partial charge in [-0.05, 0) is 56.7 Å². The fourth-order valence-corrected chi connectivity index (χ4v) is 3.91. The van der Waals surface area contributed by atoms with Crippen LogP contribution in [0.25, 0.3) is 11.3 Å². The van der Waals surface area contributed by atoms with Gasteiger partial charge in [0, 0.05) is 21.4 Å². The molecule has 8 heteroatoms. The topological polar surface area (TPSA) is 80.4 Å². The third-order valence-corrected chi connectivity index (χ3v) is 5.20. The Labute approximate surface area is 176 Å². The van der Waals surface area contributed by atoms with E-state index in [0.717, 1.165) is 32.7 Å². The summed E-state index contributed by atoms with van der Waals surface area (Å²) in [6.07, 6.45) is 1.47. The molecule has 1 amide bonds. The highest BCUT2D eigenvalue weighted by atomic mass is 79.9. The molecule has 1 aromatic carbocycles. The first-order chi connectivity index (χ1) is 13.4. The smallest absolute Gasteiger partial charge is 0.250 e. The van der Waals surface area contributed by atoms with Crippen LogP contribution in [0.3, 0.4) is 0 Å². The van der Waals surface area contributed by atoms with Crippen molar-refractivity contribution < 1.29 is 9.21 Å². The van der Waals surface area contributed by atoms with Gasteiger partial charge in [-0.2, -0.15) is 5.10 Å². The molecule has 3 aromatic rings. The number of hydrogen-bond acceptors (Lipinski definition) is 6. The molecule has 6 nitrogen and oxygen atoms in total. The van der Waals surface area contributed by atoms with Gasteiger partial charge >= 0.3 is 0 Å². The molecule has 3 rings (SSSR count). The van der Waals surface area contributed by atoms with Gasteiger partial charge in [0.1, 0.15) is 11.5 Å². The number of benzene rings is 1. The SMILES string of the molecule is Cc1ccc(-c2ccc(/C=N/NC(=O)CSc3nc(C)cc(C)n3)o2)c(Br)c1. The van der Waals surface area contributed by atoms with Crippen LogP contribution >= 0.6 is 27.7 Å². The van der Waals surface area contributed by atoms with E-state index in [0.29, 0.717) is 10.9 Å². The number of nitrogens with one attached hydrogen (secondary N) is 1. The van der Waals surface area contributed by atoms with Gasteiger partial charge in [-0.15, -0.1) is 0 Å². The van der Waals surface area contributed by atoms with E-state index in [-0.39, 0.29) is 11.7 Å². The zero-order chi connectivity index (χ0) is 20.1. The lowest BCUT2D eigenvalue weighted by atomic mass is 10.1. The number of carbonyl (C=O) groups excluding carboxylic acids is 1. The summed E-state index contributed by atoms with van der Waals surface area (Å²) in [6, 6.07) is 11.6. The van der Waals surface area contributed by atoms with Crippen molar-refractivity contribution in [3.05, 3.63) is 63.6 Å². The lowest BCUT2D eigenvalue weighted by Crippen LogP contribution is -2.19. The molecule has 144 valence electrons. The largest absolute Gasteiger partial charge is 0.455 e. The highest BCUT2D eigenvalue weighted by molar-refractivity contribution is 9.10. The Bertz CT molecular complexity index is 1010. The lowest BCUT2D eigenvalue weighted by molar-refractivity contribution is -0.118. The van der Waals surface area contributed by atoms with Crippen molar-refractivity contribution in [1.29, 1.82) is 0 Å². The minimum Gasteiger partial charge on any atom is -0.455 e. The van der Waals surface area contributed by atoms with E-state index in [9.17, 15) is 4.79 Å². The Morgan fingerprint density at radius 1 is 1.18 bits per heavy atom. The van der Waals surface area contributed by atoms with E-state index in [2.05, 4.69) is 36.4 Å². The van der Waals surface area contributed by atoms with Gasteiger partial charge in [0.05, 0.1) is 12.0 Å². The number of hydrogen-bond donors (Lipinski definition) is 1. The van der Waals surface area contributed by atoms with E-state index in [4.69, 9.17) is 4.42 Å². The fourth-order valence-electron chi connectivity index (χ4n) is 2.48. The molecule has 0 saturated carbocycles. The maximum atomic E-state index is 11.9. The van der Waals surface area contributed by atoms with Crippen LogP contribution in [-0.2, 0) is 4.79 Å². The number of aryl methyl sites for hydroxylation is 3. The minimum absolute atomic E-state index is 0.181. The highest BCUT2D eigenvalue weighted by Gasteiger charge is 2.08. The van der Waals surface area contributed by atoms with E-state index in [1.807, 2.05) is 51.1 Å². The van der Waals surface area contributed by atoms with Gasteiger partial charge in [0.25, 0.3) is 5.91 Å². The number of carbonyl (C=O) groups is 1. The molecule has 2 aromatic heterocycles. The zero-order valence-electron chi connectivity index (χ0n) is 15.7. The second kappa shape index (κ2) is 9.16. The Morgan fingerprint density at radius 2 is 1.93 bits per heavy atom. The van der Waals surface area contributed by atoms with Crippen molar-refractivity contribution in [2.75, 3.05) is 5.75 Å². The van der Waals surface area contributed by atoms with Crippen LogP contribution in [0.2, 0.25) is 0 Å². The number of aromatic nitrogens is 2. The molecule has 0 aliphatic heterocycles. The van der Waals surface area contributed by atoms with Crippen LogP contribution in [0.1, 0.15) is 22.7 Å². The molecule has 0 spiro atoms. The van der Waals surface area contributed by atoms with Crippen molar-refractivity contribution >= 4 is 39.8 Å². The summed E-state index contributed by atoms with van der Waals surface area (Å²) in [7, 11) is 0. The van der Waals surface area contributed by atoms with Crippen LogP contribution in [0.15, 0.2) is 55.5 Å². The number of halogens is 1. The average Bonchev–Trinajstić information content (AvgIpc) is 3.08. The molecular formula is C20H19BrN4O2S. The molecule has 2 heterocycles. The molecule has 28 heavy (non-hydrogen) atoms. The molecule has 0 radical (unpaired) electrons. The molecule has 0 unspecified atom stereocenters. The van der Waals surface area contributed by atoms with E-state index in [1.54, 1.807) is 6.07 Å². The minimum atomic E-state index is -0.239. The van der Waals surface area contributed by atoms with Crippen LogP contribution < -0.4 is 5.43 Å². The average molecular weight is 459 g/mol. The third-order valence-electron chi connectivity index (χ3n) is 3.69. The van der Waals surface area contributed by atoms with Crippen molar-refractivity contribution in [3.63, 3.8) is 0 Å². The predicted octanol–water partition coefficient (Wildman–Crippen LogP) is 4.67. The second-order valence-corrected chi connectivity index (χ2v) is 8.00. The summed E-state index contributed by atoms with van der Waals surface area (Å²) in [5.74, 6) is 1.22. The number of amides is 1. The number of thioether (sulfide) groups is 1. The standard InChI is InChI=1S/C20H19BrN4O2S/c1-12-4-6-16(17(21)8-12)18-7-5-15(27-18)10-22-25-19(26)11-28-20-23-13(2)9-14(3)24-20/h4-10H,11H2,1-3H3,(H,25,26)/b22-10+. The van der Waals surface area contributed by atoms with Crippen molar-refractivity contribution in [3.8, 4) is 11.3 Å². The van der Waals surface area contributed by atoms with Crippen molar-refractivity contribution in [2.45, 2.75) is 25.9 Å². The summed E-state index contributed by atoms with van der Waals surface area (Å²) < 4.78 is 6.73. The Kier molecular flexibility index (Phi) is 6.64. The Hall–Kier alpha value is -2.45. The van der Waals surface area contributed by atoms with Gasteiger partial charge in [-0.1, -0.05) is 33.8 Å². The summed E-state index contributed by atoms with van der Waals surface area (Å²) in [6.45, 7) is 5.83. The first-order valence-corrected chi connectivity index (χ1v) is 10.3. The second-order valence-electron chi connectivity index (χ2n) is 6.20. The summed E-state index contributed by atoms with van der Waals surface area (Å²) >= 11 is 4.82. The van der Waals surface area contributed by atoms with E-state index < -0.39 is 0 Å². The van der Waals surface area contributed by atoms with Gasteiger partial charge in [0.15, 0.2) is 5.16 Å². The molecule has 0 aliphatic rings. The molecule has 1 N–H and O–H groups in total. The fraction of sp³-hybridized carbons (Fsp3) is 0.200. The zero-order valence-corrected chi connectivity index (χ0v) is 18.1. The normalized spacial score (nSPS) is 11.1. The quantitative estimate of drug-likeness (QED) is 0.251. The third kappa shape index (κ3) is 5.53. The number of rotatable bonds is 6. The monoisotopic (exact) mass is 458 g/mol. The lowest BCUT2D eigenvalue weighted by Gasteiger charge is -2.02. The Morgan fingerprint density at radius 3 is 2.64 bits per heavy atom. The first kappa shape index (κ1) is 20.3. The number of nitrogens with zero attached hydrogens (tertiary/aromatic N) is 3. The van der Waals surface area contributed by atoms with E-state index in [1.165, 1.54) is 18.0 Å². The molecule has 0 bridgehead atoms. The van der Waals surface area contributed by atoms with Crippen LogP contribution in [0.4, 0.5) is 0 Å². The molecule has 0 atom stereocenters. The number of furan rings is 1. The van der Waals surface area contributed by atoms with Crippen LogP contribution in [-0.4, -0.2) is 27.8 Å². The van der Waals surface area contributed by atoms with Gasteiger partial charge in [-0.3, -0.25) is 4.79 Å². The summed E-state index contributed by atoms with van der Waals surface area (Å²) in [5.41, 5.74) is 6.36. The first-order valence-electron chi connectivity index (χ1n) is 8.54. The van der Waals surface area contributed by atoms with Crippen molar-refractivity contribution in [2.24, 2.45) is 5.10 Å². The maximum absolute atomic E-state index is 11.9. The van der Waals surface area contributed by atoms with E-state index >= 15 is 0 Å². The summed E-state index contributed by atoms with van der Waals surface area (Å²) in [4.78, 5) is 20.5. The van der Waals surface area contributed by atoms with Crippen LogP contribution in [0.5, 0.6) is 0 Å². The van der Waals surface area contributed by atoms with Gasteiger partial charge in [-0.25, -0.2) is 15.4 Å². The predicted molar refractivity (Wildman–Crippen MR) is 115 cm³/mol.